The van der Waals surface area contributed by atoms with Crippen molar-refractivity contribution in [1.29, 1.82) is 0 Å². The van der Waals surface area contributed by atoms with Crippen LogP contribution in [-0.4, -0.2) is 12.8 Å². The van der Waals surface area contributed by atoms with Crippen molar-refractivity contribution >= 4 is 11.5 Å². The van der Waals surface area contributed by atoms with Gasteiger partial charge in [0.25, 0.3) is 0 Å². The number of benzene rings is 1. The average Bonchev–Trinajstić information content (AvgIpc) is 2.18. The van der Waals surface area contributed by atoms with Crippen LogP contribution in [0.25, 0.3) is 0 Å². The lowest BCUT2D eigenvalue weighted by Gasteiger charge is -2.15. The highest BCUT2D eigenvalue weighted by molar-refractivity contribution is 5.98. The second-order valence-corrected chi connectivity index (χ2v) is 3.40. The second-order valence-electron chi connectivity index (χ2n) is 3.40. The largest absolute Gasteiger partial charge is 0.388 e. The first kappa shape index (κ1) is 8.30. The van der Waals surface area contributed by atoms with E-state index >= 15 is 0 Å². The van der Waals surface area contributed by atoms with Gasteiger partial charge in [0.1, 0.15) is 0 Å². The van der Waals surface area contributed by atoms with E-state index in [1.165, 1.54) is 5.56 Å². The third-order valence-corrected chi connectivity index (χ3v) is 2.54. The van der Waals surface area contributed by atoms with E-state index in [0.29, 0.717) is 12.2 Å². The Hall–Kier alpha value is -1.31. The van der Waals surface area contributed by atoms with E-state index in [9.17, 15) is 4.79 Å². The molecule has 0 saturated carbocycles. The zero-order valence-corrected chi connectivity index (χ0v) is 7.76. The van der Waals surface area contributed by atoms with Crippen LogP contribution in [0.15, 0.2) is 18.2 Å². The molecular weight excluding hydrogens is 162 g/mol. The second kappa shape index (κ2) is 3.21. The lowest BCUT2D eigenvalue weighted by Crippen LogP contribution is -2.10. The monoisotopic (exact) mass is 175 g/mol. The molecule has 68 valence electrons. The maximum atomic E-state index is 11.5. The molecule has 2 rings (SSSR count). The molecule has 0 amide bonds. The van der Waals surface area contributed by atoms with Crippen LogP contribution in [0.3, 0.4) is 0 Å². The summed E-state index contributed by atoms with van der Waals surface area (Å²) in [6.45, 7) is 0. The van der Waals surface area contributed by atoms with E-state index in [4.69, 9.17) is 0 Å². The Bertz CT molecular complexity index is 344. The number of carbonyl (C=O) groups excluding carboxylic acids is 1. The molecule has 13 heavy (non-hydrogen) atoms. The Morgan fingerprint density at radius 2 is 2.15 bits per heavy atom. The van der Waals surface area contributed by atoms with Gasteiger partial charge in [-0.3, -0.25) is 4.79 Å². The zero-order valence-electron chi connectivity index (χ0n) is 7.76. The molecule has 0 bridgehead atoms. The van der Waals surface area contributed by atoms with E-state index in [0.717, 1.165) is 24.1 Å². The molecule has 0 unspecified atom stereocenters. The predicted molar refractivity (Wildman–Crippen MR) is 53.3 cm³/mol. The van der Waals surface area contributed by atoms with Crippen molar-refractivity contribution in [3.05, 3.63) is 29.3 Å². The van der Waals surface area contributed by atoms with Gasteiger partial charge in [-0.1, -0.05) is 0 Å². The van der Waals surface area contributed by atoms with Crippen LogP contribution < -0.4 is 5.32 Å². The summed E-state index contributed by atoms with van der Waals surface area (Å²) < 4.78 is 0. The van der Waals surface area contributed by atoms with E-state index in [-0.39, 0.29) is 0 Å². The third-order valence-electron chi connectivity index (χ3n) is 2.54. The van der Waals surface area contributed by atoms with Crippen molar-refractivity contribution in [2.45, 2.75) is 19.3 Å². The molecule has 2 heteroatoms. The Labute approximate surface area is 78.0 Å². The van der Waals surface area contributed by atoms with Crippen LogP contribution in [0.5, 0.6) is 0 Å². The number of carbonyl (C=O) groups is 1. The molecule has 0 heterocycles. The first-order chi connectivity index (χ1) is 6.31. The van der Waals surface area contributed by atoms with Crippen LogP contribution in [0.1, 0.15) is 28.8 Å². The number of fused-ring (bicyclic) bond motifs is 1. The third kappa shape index (κ3) is 1.44. The van der Waals surface area contributed by atoms with Crippen LogP contribution in [0, 0.1) is 0 Å². The van der Waals surface area contributed by atoms with Gasteiger partial charge in [0.05, 0.1) is 0 Å². The molecule has 0 saturated heterocycles. The van der Waals surface area contributed by atoms with E-state index in [2.05, 4.69) is 11.4 Å². The number of hydrogen-bond donors (Lipinski definition) is 1. The van der Waals surface area contributed by atoms with E-state index in [1.54, 1.807) is 0 Å². The molecule has 1 N–H and O–H groups in total. The SMILES string of the molecule is CNc1ccc2c(c1)CCCC2=O. The summed E-state index contributed by atoms with van der Waals surface area (Å²) in [5.41, 5.74) is 3.21. The fraction of sp³-hybridized carbons (Fsp3) is 0.364. The maximum Gasteiger partial charge on any atom is 0.163 e. The smallest absolute Gasteiger partial charge is 0.163 e. The highest BCUT2D eigenvalue weighted by Crippen LogP contribution is 2.23. The summed E-state index contributed by atoms with van der Waals surface area (Å²) in [5.74, 6) is 0.295. The number of ketones is 1. The average molecular weight is 175 g/mol. The van der Waals surface area contributed by atoms with Crippen molar-refractivity contribution < 1.29 is 4.79 Å². The van der Waals surface area contributed by atoms with Crippen molar-refractivity contribution in [2.75, 3.05) is 12.4 Å². The molecule has 1 aromatic carbocycles. The van der Waals surface area contributed by atoms with Crippen LogP contribution in [-0.2, 0) is 6.42 Å². The zero-order chi connectivity index (χ0) is 9.26. The van der Waals surface area contributed by atoms with Gasteiger partial charge in [-0.15, -0.1) is 0 Å². The molecular formula is C11H13NO. The lowest BCUT2D eigenvalue weighted by molar-refractivity contribution is 0.0972. The Morgan fingerprint density at radius 3 is 2.92 bits per heavy atom. The van der Waals surface area contributed by atoms with Gasteiger partial charge >= 0.3 is 0 Å². The molecule has 0 aliphatic heterocycles. The summed E-state index contributed by atoms with van der Waals surface area (Å²) in [4.78, 5) is 11.5. The van der Waals surface area contributed by atoms with Crippen molar-refractivity contribution in [1.82, 2.24) is 0 Å². The van der Waals surface area contributed by atoms with E-state index in [1.807, 2.05) is 19.2 Å². The van der Waals surface area contributed by atoms with Gasteiger partial charge < -0.3 is 5.32 Å². The van der Waals surface area contributed by atoms with Crippen molar-refractivity contribution in [3.63, 3.8) is 0 Å². The van der Waals surface area contributed by atoms with Gasteiger partial charge in [-0.2, -0.15) is 0 Å². The molecule has 0 atom stereocenters. The van der Waals surface area contributed by atoms with Crippen LogP contribution >= 0.6 is 0 Å². The van der Waals surface area contributed by atoms with Gasteiger partial charge in [-0.25, -0.2) is 0 Å². The number of nitrogens with one attached hydrogen (secondary N) is 1. The molecule has 0 radical (unpaired) electrons. The minimum atomic E-state index is 0.295. The van der Waals surface area contributed by atoms with Crippen molar-refractivity contribution in [3.8, 4) is 0 Å². The maximum absolute atomic E-state index is 11.5. The number of hydrogen-bond acceptors (Lipinski definition) is 2. The Kier molecular flexibility index (Phi) is 2.05. The van der Waals surface area contributed by atoms with Gasteiger partial charge in [0.15, 0.2) is 5.78 Å². The molecule has 1 aliphatic rings. The topological polar surface area (TPSA) is 29.1 Å². The number of rotatable bonds is 1. The van der Waals surface area contributed by atoms with E-state index < -0.39 is 0 Å². The molecule has 0 aromatic heterocycles. The van der Waals surface area contributed by atoms with Gasteiger partial charge in [0, 0.05) is 24.7 Å². The Morgan fingerprint density at radius 1 is 1.31 bits per heavy atom. The number of aryl methyl sites for hydroxylation is 1. The normalized spacial score (nSPS) is 15.3. The molecule has 0 spiro atoms. The van der Waals surface area contributed by atoms with Crippen LogP contribution in [0.4, 0.5) is 5.69 Å². The fourth-order valence-corrected chi connectivity index (χ4v) is 1.80. The first-order valence-corrected chi connectivity index (χ1v) is 4.65. The standard InChI is InChI=1S/C11H13NO/c1-12-9-5-6-10-8(7-9)3-2-4-11(10)13/h5-7,12H,2-4H2,1H3. The molecule has 0 fully saturated rings. The molecule has 1 aliphatic carbocycles. The first-order valence-electron chi connectivity index (χ1n) is 4.65. The molecule has 2 nitrogen and oxygen atoms in total. The van der Waals surface area contributed by atoms with Crippen LogP contribution in [0.2, 0.25) is 0 Å². The summed E-state index contributed by atoms with van der Waals surface area (Å²) in [7, 11) is 1.90. The lowest BCUT2D eigenvalue weighted by atomic mass is 9.90. The minimum absolute atomic E-state index is 0.295. The summed E-state index contributed by atoms with van der Waals surface area (Å²) >= 11 is 0. The van der Waals surface area contributed by atoms with Gasteiger partial charge in [-0.05, 0) is 36.6 Å². The summed E-state index contributed by atoms with van der Waals surface area (Å²) in [6.07, 6.45) is 2.75. The highest BCUT2D eigenvalue weighted by atomic mass is 16.1. The summed E-state index contributed by atoms with van der Waals surface area (Å²) in [6, 6.07) is 5.97. The summed E-state index contributed by atoms with van der Waals surface area (Å²) in [5, 5.41) is 3.08. The fourth-order valence-electron chi connectivity index (χ4n) is 1.80. The van der Waals surface area contributed by atoms with Crippen molar-refractivity contribution in [2.24, 2.45) is 0 Å². The highest BCUT2D eigenvalue weighted by Gasteiger charge is 2.16. The Balaban J connectivity index is 2.45. The quantitative estimate of drug-likeness (QED) is 0.709. The minimum Gasteiger partial charge on any atom is -0.388 e. The number of anilines is 1. The van der Waals surface area contributed by atoms with Gasteiger partial charge in [0.2, 0.25) is 0 Å². The molecule has 1 aromatic rings. The number of Topliss-reactive ketones (excluding diaryl/α,β-unsaturated/α-hetero) is 1. The predicted octanol–water partition coefficient (Wildman–Crippen LogP) is 2.25.